The van der Waals surface area contributed by atoms with Gasteiger partial charge in [0.15, 0.2) is 0 Å². The predicted octanol–water partition coefficient (Wildman–Crippen LogP) is 0.991. The highest BCUT2D eigenvalue weighted by Gasteiger charge is 2.25. The predicted molar refractivity (Wildman–Crippen MR) is 75.9 cm³/mol. The van der Waals surface area contributed by atoms with Crippen LogP contribution >= 0.6 is 0 Å². The average Bonchev–Trinajstić information content (AvgIpc) is 2.82. The zero-order chi connectivity index (χ0) is 14.5. The van der Waals surface area contributed by atoms with E-state index in [-0.39, 0.29) is 18.6 Å². The Morgan fingerprint density at radius 1 is 1.40 bits per heavy atom. The minimum Gasteiger partial charge on any atom is -0.480 e. The largest absolute Gasteiger partial charge is 0.480 e. The third-order valence-electron chi connectivity index (χ3n) is 3.33. The quantitative estimate of drug-likeness (QED) is 0.861. The lowest BCUT2D eigenvalue weighted by molar-refractivity contribution is -0.135. The number of amides is 2. The first-order chi connectivity index (χ1) is 9.56. The Labute approximate surface area is 118 Å². The lowest BCUT2D eigenvalue weighted by atomic mass is 10.2. The van der Waals surface area contributed by atoms with Crippen LogP contribution in [-0.2, 0) is 4.79 Å². The first kappa shape index (κ1) is 14.3. The van der Waals surface area contributed by atoms with Crippen molar-refractivity contribution in [3.63, 3.8) is 0 Å². The Morgan fingerprint density at radius 3 is 2.65 bits per heavy atom. The van der Waals surface area contributed by atoms with Gasteiger partial charge < -0.3 is 15.3 Å². The van der Waals surface area contributed by atoms with E-state index in [9.17, 15) is 9.59 Å². The number of carboxylic acid groups (broad SMARTS) is 1. The van der Waals surface area contributed by atoms with Gasteiger partial charge in [-0.15, -0.1) is 0 Å². The summed E-state index contributed by atoms with van der Waals surface area (Å²) in [4.78, 5) is 26.6. The third kappa shape index (κ3) is 3.71. The molecule has 1 aromatic rings. The van der Waals surface area contributed by atoms with Crippen LogP contribution in [-0.4, -0.2) is 54.7 Å². The minimum absolute atomic E-state index is 0.0764. The normalized spacial score (nSPS) is 18.8. The molecule has 2 N–H and O–H groups in total. The van der Waals surface area contributed by atoms with Crippen molar-refractivity contribution in [2.24, 2.45) is 0 Å². The first-order valence-electron chi connectivity index (χ1n) is 6.59. The van der Waals surface area contributed by atoms with Gasteiger partial charge in [-0.25, -0.2) is 4.79 Å². The second kappa shape index (κ2) is 6.38. The van der Waals surface area contributed by atoms with Crippen LogP contribution in [0, 0.1) is 0 Å². The van der Waals surface area contributed by atoms with Gasteiger partial charge in [0.05, 0.1) is 0 Å². The minimum atomic E-state index is -1.03. The Bertz CT molecular complexity index is 478. The molecule has 1 aliphatic rings. The van der Waals surface area contributed by atoms with Crippen molar-refractivity contribution in [3.05, 3.63) is 30.3 Å². The van der Waals surface area contributed by atoms with Gasteiger partial charge in [0.2, 0.25) is 0 Å². The molecule has 1 unspecified atom stereocenters. The molecule has 108 valence electrons. The standard InChI is InChI=1S/C14H19N3O3/c1-16-8-7-11(9-16)15-14(20)17(10-13(18)19)12-5-3-2-4-6-12/h2-6,11H,7-10H2,1H3,(H,15,20)(H,18,19). The molecular weight excluding hydrogens is 258 g/mol. The molecule has 0 bridgehead atoms. The fraction of sp³-hybridized carbons (Fsp3) is 0.429. The Hall–Kier alpha value is -2.08. The number of para-hydroxylation sites is 1. The van der Waals surface area contributed by atoms with Gasteiger partial charge >= 0.3 is 12.0 Å². The fourth-order valence-corrected chi connectivity index (χ4v) is 2.33. The molecule has 0 aromatic heterocycles. The number of likely N-dealkylation sites (tertiary alicyclic amines) is 1. The van der Waals surface area contributed by atoms with E-state index in [2.05, 4.69) is 10.2 Å². The number of carbonyl (C=O) groups excluding carboxylic acids is 1. The van der Waals surface area contributed by atoms with Crippen LogP contribution in [0.4, 0.5) is 10.5 Å². The van der Waals surface area contributed by atoms with Crippen LogP contribution in [0.15, 0.2) is 30.3 Å². The van der Waals surface area contributed by atoms with E-state index in [1.165, 1.54) is 4.90 Å². The van der Waals surface area contributed by atoms with E-state index in [1.54, 1.807) is 24.3 Å². The number of anilines is 1. The summed E-state index contributed by atoms with van der Waals surface area (Å²) in [6, 6.07) is 8.55. The lowest BCUT2D eigenvalue weighted by Gasteiger charge is -2.23. The van der Waals surface area contributed by atoms with Gasteiger partial charge in [-0.05, 0) is 32.1 Å². The molecule has 1 saturated heterocycles. The summed E-state index contributed by atoms with van der Waals surface area (Å²) in [5.74, 6) is -1.03. The Morgan fingerprint density at radius 2 is 2.10 bits per heavy atom. The highest BCUT2D eigenvalue weighted by atomic mass is 16.4. The van der Waals surface area contributed by atoms with Gasteiger partial charge in [-0.3, -0.25) is 9.69 Å². The van der Waals surface area contributed by atoms with Crippen molar-refractivity contribution in [3.8, 4) is 0 Å². The number of hydrogen-bond donors (Lipinski definition) is 2. The molecule has 1 aromatic carbocycles. The number of benzene rings is 1. The van der Waals surface area contributed by atoms with E-state index in [4.69, 9.17) is 5.11 Å². The summed E-state index contributed by atoms with van der Waals surface area (Å²) in [5.41, 5.74) is 0.582. The molecule has 6 heteroatoms. The molecular formula is C14H19N3O3. The van der Waals surface area contributed by atoms with Crippen molar-refractivity contribution in [2.75, 3.05) is 31.6 Å². The van der Waals surface area contributed by atoms with Crippen molar-refractivity contribution in [2.45, 2.75) is 12.5 Å². The van der Waals surface area contributed by atoms with Crippen molar-refractivity contribution < 1.29 is 14.7 Å². The smallest absolute Gasteiger partial charge is 0.323 e. The maximum Gasteiger partial charge on any atom is 0.323 e. The Kier molecular flexibility index (Phi) is 4.57. The van der Waals surface area contributed by atoms with Gasteiger partial charge in [-0.2, -0.15) is 0 Å². The highest BCUT2D eigenvalue weighted by Crippen LogP contribution is 2.14. The number of hydrogen-bond acceptors (Lipinski definition) is 3. The van der Waals surface area contributed by atoms with E-state index in [0.29, 0.717) is 5.69 Å². The number of rotatable bonds is 4. The van der Waals surface area contributed by atoms with E-state index in [0.717, 1.165) is 19.5 Å². The molecule has 0 radical (unpaired) electrons. The number of nitrogens with one attached hydrogen (secondary N) is 1. The molecule has 1 atom stereocenters. The van der Waals surface area contributed by atoms with Crippen LogP contribution in [0.25, 0.3) is 0 Å². The summed E-state index contributed by atoms with van der Waals surface area (Å²) in [6.07, 6.45) is 0.887. The average molecular weight is 277 g/mol. The van der Waals surface area contributed by atoms with Crippen molar-refractivity contribution in [1.29, 1.82) is 0 Å². The molecule has 1 fully saturated rings. The SMILES string of the molecule is CN1CCC(NC(=O)N(CC(=O)O)c2ccccc2)C1. The summed E-state index contributed by atoms with van der Waals surface area (Å²) in [6.45, 7) is 1.38. The van der Waals surface area contributed by atoms with Gasteiger partial charge in [0.25, 0.3) is 0 Å². The number of nitrogens with zero attached hydrogens (tertiary/aromatic N) is 2. The molecule has 1 aliphatic heterocycles. The second-order valence-corrected chi connectivity index (χ2v) is 5.01. The summed E-state index contributed by atoms with van der Waals surface area (Å²) in [5, 5.41) is 11.9. The monoisotopic (exact) mass is 277 g/mol. The van der Waals surface area contributed by atoms with Crippen LogP contribution in [0.2, 0.25) is 0 Å². The maximum absolute atomic E-state index is 12.3. The zero-order valence-corrected chi connectivity index (χ0v) is 11.5. The number of aliphatic carboxylic acids is 1. The second-order valence-electron chi connectivity index (χ2n) is 5.01. The molecule has 0 spiro atoms. The topological polar surface area (TPSA) is 72.9 Å². The van der Waals surface area contributed by atoms with E-state index < -0.39 is 5.97 Å². The molecule has 20 heavy (non-hydrogen) atoms. The number of urea groups is 1. The third-order valence-corrected chi connectivity index (χ3v) is 3.33. The van der Waals surface area contributed by atoms with E-state index >= 15 is 0 Å². The van der Waals surface area contributed by atoms with Crippen molar-refractivity contribution >= 4 is 17.7 Å². The number of likely N-dealkylation sites (N-methyl/N-ethyl adjacent to an activating group) is 1. The van der Waals surface area contributed by atoms with Gasteiger partial charge in [-0.1, -0.05) is 18.2 Å². The zero-order valence-electron chi connectivity index (χ0n) is 11.5. The van der Waals surface area contributed by atoms with Crippen LogP contribution in [0.5, 0.6) is 0 Å². The Balaban J connectivity index is 2.06. The summed E-state index contributed by atoms with van der Waals surface area (Å²) < 4.78 is 0. The van der Waals surface area contributed by atoms with Crippen LogP contribution in [0.1, 0.15) is 6.42 Å². The molecule has 0 aliphatic carbocycles. The molecule has 2 amide bonds. The van der Waals surface area contributed by atoms with E-state index in [1.807, 2.05) is 13.1 Å². The summed E-state index contributed by atoms with van der Waals surface area (Å²) >= 11 is 0. The molecule has 0 saturated carbocycles. The van der Waals surface area contributed by atoms with Crippen molar-refractivity contribution in [1.82, 2.24) is 10.2 Å². The van der Waals surface area contributed by atoms with Gasteiger partial charge in [0.1, 0.15) is 6.54 Å². The fourth-order valence-electron chi connectivity index (χ4n) is 2.33. The highest BCUT2D eigenvalue weighted by molar-refractivity contribution is 5.96. The van der Waals surface area contributed by atoms with Crippen LogP contribution in [0.3, 0.4) is 0 Å². The first-order valence-corrected chi connectivity index (χ1v) is 6.59. The number of carboxylic acids is 1. The molecule has 6 nitrogen and oxygen atoms in total. The maximum atomic E-state index is 12.3. The molecule has 1 heterocycles. The van der Waals surface area contributed by atoms with Crippen LogP contribution < -0.4 is 10.2 Å². The lowest BCUT2D eigenvalue weighted by Crippen LogP contribution is -2.47. The van der Waals surface area contributed by atoms with Gasteiger partial charge in [0, 0.05) is 18.3 Å². The molecule has 2 rings (SSSR count). The summed E-state index contributed by atoms with van der Waals surface area (Å²) in [7, 11) is 2.00. The number of carbonyl (C=O) groups is 2.